The Labute approximate surface area is 123 Å². The molecule has 112 valence electrons. The fraction of sp³-hybridized carbons (Fsp3) is 0.533. The molecule has 1 aromatic carbocycles. The molecule has 1 aromatic heterocycles. The topological polar surface area (TPSA) is 71.2 Å². The minimum atomic E-state index is -0.103. The molecule has 0 radical (unpaired) electrons. The standard InChI is InChI=1S/C15H20N4O2/c20-10-4-9-18(12-5-3-6-12)11-19-15(21)13-7-1-2-8-14(13)16-17-19/h1-2,7-8,12,20H,3-6,9-11H2. The van der Waals surface area contributed by atoms with Crippen LogP contribution in [0.15, 0.2) is 29.1 Å². The molecule has 0 saturated heterocycles. The summed E-state index contributed by atoms with van der Waals surface area (Å²) in [6.07, 6.45) is 4.26. The molecular formula is C15H20N4O2. The van der Waals surface area contributed by atoms with E-state index >= 15 is 0 Å². The van der Waals surface area contributed by atoms with Crippen molar-refractivity contribution in [2.45, 2.75) is 38.4 Å². The average molecular weight is 288 g/mol. The summed E-state index contributed by atoms with van der Waals surface area (Å²) in [5.74, 6) is 0. The number of rotatable bonds is 6. The summed E-state index contributed by atoms with van der Waals surface area (Å²) in [7, 11) is 0. The number of benzene rings is 1. The number of nitrogens with zero attached hydrogens (tertiary/aromatic N) is 4. The lowest BCUT2D eigenvalue weighted by Crippen LogP contribution is -2.44. The van der Waals surface area contributed by atoms with Crippen LogP contribution in [0.2, 0.25) is 0 Å². The van der Waals surface area contributed by atoms with Crippen molar-refractivity contribution in [2.24, 2.45) is 0 Å². The van der Waals surface area contributed by atoms with Crippen LogP contribution in [-0.4, -0.2) is 44.2 Å². The maximum atomic E-state index is 12.5. The van der Waals surface area contributed by atoms with Gasteiger partial charge in [-0.2, -0.15) is 4.68 Å². The summed E-state index contributed by atoms with van der Waals surface area (Å²) >= 11 is 0. The molecule has 0 atom stereocenters. The van der Waals surface area contributed by atoms with Gasteiger partial charge in [0.2, 0.25) is 0 Å². The van der Waals surface area contributed by atoms with Gasteiger partial charge in [0, 0.05) is 19.2 Å². The fourth-order valence-electron chi connectivity index (χ4n) is 2.68. The summed E-state index contributed by atoms with van der Waals surface area (Å²) in [4.78, 5) is 14.7. The largest absolute Gasteiger partial charge is 0.396 e. The molecule has 0 amide bonds. The van der Waals surface area contributed by atoms with Gasteiger partial charge in [-0.05, 0) is 31.4 Å². The Balaban J connectivity index is 1.84. The molecule has 6 heteroatoms. The van der Waals surface area contributed by atoms with Crippen molar-refractivity contribution in [3.8, 4) is 0 Å². The highest BCUT2D eigenvalue weighted by molar-refractivity contribution is 5.76. The highest BCUT2D eigenvalue weighted by Gasteiger charge is 2.25. The van der Waals surface area contributed by atoms with Gasteiger partial charge in [0.15, 0.2) is 0 Å². The SMILES string of the molecule is O=c1c2ccccc2nnn1CN(CCCO)C1CCC1. The molecule has 6 nitrogen and oxygen atoms in total. The van der Waals surface area contributed by atoms with Crippen LogP contribution in [0.3, 0.4) is 0 Å². The number of aliphatic hydroxyl groups is 1. The van der Waals surface area contributed by atoms with Gasteiger partial charge in [0.25, 0.3) is 5.56 Å². The first-order chi connectivity index (χ1) is 10.3. The van der Waals surface area contributed by atoms with Crippen molar-refractivity contribution < 1.29 is 5.11 Å². The average Bonchev–Trinajstić information content (AvgIpc) is 2.46. The molecule has 0 bridgehead atoms. The second-order valence-electron chi connectivity index (χ2n) is 5.53. The molecule has 1 heterocycles. The number of fused-ring (bicyclic) bond motifs is 1. The van der Waals surface area contributed by atoms with Crippen molar-refractivity contribution in [3.05, 3.63) is 34.6 Å². The summed E-state index contributed by atoms with van der Waals surface area (Å²) < 4.78 is 1.43. The van der Waals surface area contributed by atoms with E-state index in [2.05, 4.69) is 15.2 Å². The molecular weight excluding hydrogens is 268 g/mol. The molecule has 0 unspecified atom stereocenters. The molecule has 1 aliphatic carbocycles. The van der Waals surface area contributed by atoms with Crippen LogP contribution in [0, 0.1) is 0 Å². The van der Waals surface area contributed by atoms with E-state index in [4.69, 9.17) is 5.11 Å². The predicted octanol–water partition coefficient (Wildman–Crippen LogP) is 0.986. The molecule has 21 heavy (non-hydrogen) atoms. The number of hydrogen-bond donors (Lipinski definition) is 1. The van der Waals surface area contributed by atoms with E-state index in [1.54, 1.807) is 12.1 Å². The molecule has 0 spiro atoms. The van der Waals surface area contributed by atoms with Gasteiger partial charge in [0.1, 0.15) is 5.52 Å². The van der Waals surface area contributed by atoms with Gasteiger partial charge in [-0.15, -0.1) is 5.10 Å². The molecule has 3 rings (SSSR count). The first-order valence-corrected chi connectivity index (χ1v) is 7.47. The Morgan fingerprint density at radius 2 is 2.14 bits per heavy atom. The van der Waals surface area contributed by atoms with Crippen molar-refractivity contribution in [1.82, 2.24) is 19.9 Å². The van der Waals surface area contributed by atoms with Crippen LogP contribution < -0.4 is 5.56 Å². The van der Waals surface area contributed by atoms with Gasteiger partial charge in [-0.3, -0.25) is 9.69 Å². The van der Waals surface area contributed by atoms with Crippen molar-refractivity contribution in [1.29, 1.82) is 0 Å². The maximum absolute atomic E-state index is 12.5. The molecule has 1 N–H and O–H groups in total. The quantitative estimate of drug-likeness (QED) is 0.858. The first-order valence-electron chi connectivity index (χ1n) is 7.47. The summed E-state index contributed by atoms with van der Waals surface area (Å²) in [6, 6.07) is 7.76. The highest BCUT2D eigenvalue weighted by atomic mass is 16.3. The van der Waals surface area contributed by atoms with Crippen LogP contribution >= 0.6 is 0 Å². The zero-order valence-electron chi connectivity index (χ0n) is 12.0. The second kappa shape index (κ2) is 6.32. The van der Waals surface area contributed by atoms with E-state index in [1.807, 2.05) is 12.1 Å². The molecule has 1 aliphatic rings. The highest BCUT2D eigenvalue weighted by Crippen LogP contribution is 2.25. The van der Waals surface area contributed by atoms with E-state index in [9.17, 15) is 4.79 Å². The van der Waals surface area contributed by atoms with E-state index in [1.165, 1.54) is 11.1 Å². The first kappa shape index (κ1) is 14.2. The minimum Gasteiger partial charge on any atom is -0.396 e. The lowest BCUT2D eigenvalue weighted by atomic mass is 9.91. The third kappa shape index (κ3) is 2.96. The molecule has 0 aliphatic heterocycles. The Hall–Kier alpha value is -1.79. The Kier molecular flexibility index (Phi) is 4.26. The molecule has 1 saturated carbocycles. The number of aromatic nitrogens is 3. The third-order valence-corrected chi connectivity index (χ3v) is 4.14. The number of hydrogen-bond acceptors (Lipinski definition) is 5. The van der Waals surface area contributed by atoms with Gasteiger partial charge in [0.05, 0.1) is 12.1 Å². The minimum absolute atomic E-state index is 0.103. The van der Waals surface area contributed by atoms with Crippen molar-refractivity contribution >= 4 is 10.9 Å². The smallest absolute Gasteiger partial charge is 0.278 e. The second-order valence-corrected chi connectivity index (χ2v) is 5.53. The monoisotopic (exact) mass is 288 g/mol. The Morgan fingerprint density at radius 3 is 2.86 bits per heavy atom. The van der Waals surface area contributed by atoms with Crippen LogP contribution in [0.4, 0.5) is 0 Å². The lowest BCUT2D eigenvalue weighted by molar-refractivity contribution is 0.0771. The number of aliphatic hydroxyl groups excluding tert-OH is 1. The maximum Gasteiger partial charge on any atom is 0.278 e. The normalized spacial score (nSPS) is 15.5. The zero-order chi connectivity index (χ0) is 14.7. The molecule has 2 aromatic rings. The predicted molar refractivity (Wildman–Crippen MR) is 79.8 cm³/mol. The van der Waals surface area contributed by atoms with E-state index in [0.29, 0.717) is 30.0 Å². The summed E-state index contributed by atoms with van der Waals surface area (Å²) in [5.41, 5.74) is 0.526. The van der Waals surface area contributed by atoms with E-state index in [-0.39, 0.29) is 12.2 Å². The summed E-state index contributed by atoms with van der Waals surface area (Å²) in [5, 5.41) is 17.8. The van der Waals surface area contributed by atoms with Gasteiger partial charge in [-0.25, -0.2) is 0 Å². The van der Waals surface area contributed by atoms with Crippen molar-refractivity contribution in [3.63, 3.8) is 0 Å². The van der Waals surface area contributed by atoms with Gasteiger partial charge < -0.3 is 5.11 Å². The zero-order valence-corrected chi connectivity index (χ0v) is 12.0. The van der Waals surface area contributed by atoms with Crippen LogP contribution in [0.5, 0.6) is 0 Å². The van der Waals surface area contributed by atoms with Crippen molar-refractivity contribution in [2.75, 3.05) is 13.2 Å². The lowest BCUT2D eigenvalue weighted by Gasteiger charge is -2.37. The fourth-order valence-corrected chi connectivity index (χ4v) is 2.68. The Bertz CT molecular complexity index is 666. The van der Waals surface area contributed by atoms with Gasteiger partial charge >= 0.3 is 0 Å². The van der Waals surface area contributed by atoms with Crippen LogP contribution in [-0.2, 0) is 6.67 Å². The summed E-state index contributed by atoms with van der Waals surface area (Å²) in [6.45, 7) is 1.39. The van der Waals surface area contributed by atoms with Crippen LogP contribution in [0.25, 0.3) is 10.9 Å². The van der Waals surface area contributed by atoms with Crippen LogP contribution in [0.1, 0.15) is 25.7 Å². The molecule has 1 fully saturated rings. The van der Waals surface area contributed by atoms with Gasteiger partial charge in [-0.1, -0.05) is 23.8 Å². The Morgan fingerprint density at radius 1 is 1.33 bits per heavy atom. The van der Waals surface area contributed by atoms with E-state index in [0.717, 1.165) is 19.4 Å². The third-order valence-electron chi connectivity index (χ3n) is 4.14. The van der Waals surface area contributed by atoms with E-state index < -0.39 is 0 Å².